The minimum atomic E-state index is -0.911. The largest absolute Gasteiger partial charge is 0.481 e. The molecular formula is C23H26N2O4. The lowest BCUT2D eigenvalue weighted by Gasteiger charge is -2.27. The van der Waals surface area contributed by atoms with Crippen LogP contribution in [-0.4, -0.2) is 29.4 Å². The van der Waals surface area contributed by atoms with Gasteiger partial charge in [-0.3, -0.25) is 14.4 Å². The van der Waals surface area contributed by atoms with Crippen LogP contribution in [0.15, 0.2) is 54.6 Å². The van der Waals surface area contributed by atoms with Crippen LogP contribution >= 0.6 is 0 Å². The van der Waals surface area contributed by atoms with Gasteiger partial charge in [-0.2, -0.15) is 0 Å². The molecule has 152 valence electrons. The number of carbonyl (C=O) groups is 3. The molecule has 2 aromatic carbocycles. The quantitative estimate of drug-likeness (QED) is 0.769. The summed E-state index contributed by atoms with van der Waals surface area (Å²) in [5.74, 6) is -2.44. The van der Waals surface area contributed by atoms with Gasteiger partial charge in [0.25, 0.3) is 5.91 Å². The number of nitrogens with zero attached hydrogens (tertiary/aromatic N) is 1. The van der Waals surface area contributed by atoms with Crippen molar-refractivity contribution in [3.63, 3.8) is 0 Å². The zero-order chi connectivity index (χ0) is 20.8. The van der Waals surface area contributed by atoms with Crippen LogP contribution in [0, 0.1) is 11.8 Å². The molecule has 6 heteroatoms. The van der Waals surface area contributed by atoms with E-state index in [4.69, 9.17) is 0 Å². The number of para-hydroxylation sites is 1. The Morgan fingerprint density at radius 2 is 1.59 bits per heavy atom. The molecule has 6 nitrogen and oxygen atoms in total. The summed E-state index contributed by atoms with van der Waals surface area (Å²) in [5.41, 5.74) is 1.91. The van der Waals surface area contributed by atoms with Crippen molar-refractivity contribution in [1.82, 2.24) is 0 Å². The van der Waals surface area contributed by atoms with Crippen LogP contribution in [0.5, 0.6) is 0 Å². The number of hydrogen-bond acceptors (Lipinski definition) is 3. The molecule has 29 heavy (non-hydrogen) atoms. The summed E-state index contributed by atoms with van der Waals surface area (Å²) in [6.45, 7) is 2.46. The average molecular weight is 394 g/mol. The maximum atomic E-state index is 12.8. The van der Waals surface area contributed by atoms with E-state index in [-0.39, 0.29) is 11.8 Å². The highest BCUT2D eigenvalue weighted by molar-refractivity contribution is 6.06. The number of amides is 2. The first-order valence-electron chi connectivity index (χ1n) is 10.0. The summed E-state index contributed by atoms with van der Waals surface area (Å²) in [6, 6.07) is 16.2. The van der Waals surface area contributed by atoms with Gasteiger partial charge in [-0.25, -0.2) is 0 Å². The number of carbonyl (C=O) groups excluding carboxylic acids is 2. The second kappa shape index (κ2) is 9.37. The van der Waals surface area contributed by atoms with Gasteiger partial charge in [-0.1, -0.05) is 31.0 Å². The first-order chi connectivity index (χ1) is 14.0. The second-order valence-electron chi connectivity index (χ2n) is 7.29. The minimum absolute atomic E-state index is 0.116. The van der Waals surface area contributed by atoms with Crippen molar-refractivity contribution in [3.8, 4) is 0 Å². The van der Waals surface area contributed by atoms with Crippen LogP contribution in [-0.2, 0) is 9.59 Å². The lowest BCUT2D eigenvalue weighted by atomic mass is 9.78. The number of aliphatic carboxylic acids is 1. The highest BCUT2D eigenvalue weighted by Crippen LogP contribution is 2.31. The van der Waals surface area contributed by atoms with Gasteiger partial charge in [-0.05, 0) is 56.2 Å². The van der Waals surface area contributed by atoms with E-state index < -0.39 is 17.8 Å². The molecule has 2 N–H and O–H groups in total. The number of nitrogens with one attached hydrogen (secondary N) is 1. The fourth-order valence-electron chi connectivity index (χ4n) is 3.88. The zero-order valence-electron chi connectivity index (χ0n) is 16.5. The van der Waals surface area contributed by atoms with E-state index in [1.54, 1.807) is 29.2 Å². The van der Waals surface area contributed by atoms with Gasteiger partial charge in [0.2, 0.25) is 5.91 Å². The molecule has 1 aliphatic rings. The molecule has 0 bridgehead atoms. The molecule has 0 spiro atoms. The van der Waals surface area contributed by atoms with E-state index in [2.05, 4.69) is 5.32 Å². The smallest absolute Gasteiger partial charge is 0.307 e. The topological polar surface area (TPSA) is 86.7 Å². The Bertz CT molecular complexity index is 864. The SMILES string of the molecule is CCN(C(=O)c1ccc(NC(=O)[C@H]2CCCC[C@H]2C(=O)O)cc1)c1ccccc1. The maximum absolute atomic E-state index is 12.8. The molecule has 2 amide bonds. The first kappa shape index (κ1) is 20.6. The van der Waals surface area contributed by atoms with Crippen molar-refractivity contribution in [3.05, 3.63) is 60.2 Å². The molecule has 1 aliphatic carbocycles. The van der Waals surface area contributed by atoms with E-state index in [0.29, 0.717) is 30.6 Å². The normalized spacial score (nSPS) is 18.7. The number of rotatable bonds is 6. The summed E-state index contributed by atoms with van der Waals surface area (Å²) in [6.07, 6.45) is 2.82. The third-order valence-corrected chi connectivity index (χ3v) is 5.45. The zero-order valence-corrected chi connectivity index (χ0v) is 16.5. The van der Waals surface area contributed by atoms with Crippen molar-refractivity contribution in [2.24, 2.45) is 11.8 Å². The minimum Gasteiger partial charge on any atom is -0.481 e. The van der Waals surface area contributed by atoms with Crippen LogP contribution in [0.25, 0.3) is 0 Å². The standard InChI is InChI=1S/C23H26N2O4/c1-2-25(18-8-4-3-5-9-18)22(27)16-12-14-17(15-13-16)24-21(26)19-10-6-7-11-20(19)23(28)29/h3-5,8-9,12-15,19-20H,2,6-7,10-11H2,1H3,(H,24,26)(H,28,29)/t19-,20+/m0/s1. The summed E-state index contributed by atoms with van der Waals surface area (Å²) < 4.78 is 0. The van der Waals surface area contributed by atoms with Crippen LogP contribution in [0.1, 0.15) is 43.0 Å². The van der Waals surface area contributed by atoms with Gasteiger partial charge in [0.1, 0.15) is 0 Å². The van der Waals surface area contributed by atoms with Crippen molar-refractivity contribution >= 4 is 29.2 Å². The number of carboxylic acids is 1. The predicted octanol–water partition coefficient (Wildman–Crippen LogP) is 4.18. The third-order valence-electron chi connectivity index (χ3n) is 5.45. The Kier molecular flexibility index (Phi) is 6.65. The van der Waals surface area contributed by atoms with Crippen molar-refractivity contribution < 1.29 is 19.5 Å². The van der Waals surface area contributed by atoms with Gasteiger partial charge in [0, 0.05) is 23.5 Å². The molecule has 2 aromatic rings. The molecule has 0 unspecified atom stereocenters. The number of hydrogen-bond donors (Lipinski definition) is 2. The molecule has 3 rings (SSSR count). The van der Waals surface area contributed by atoms with E-state index in [0.717, 1.165) is 18.5 Å². The Morgan fingerprint density at radius 3 is 2.17 bits per heavy atom. The molecule has 1 fully saturated rings. The molecule has 0 aliphatic heterocycles. The molecule has 1 saturated carbocycles. The summed E-state index contributed by atoms with van der Waals surface area (Å²) in [4.78, 5) is 38.6. The number of carboxylic acid groups (broad SMARTS) is 1. The van der Waals surface area contributed by atoms with E-state index in [1.807, 2.05) is 37.3 Å². The van der Waals surface area contributed by atoms with Crippen LogP contribution in [0.4, 0.5) is 11.4 Å². The number of benzene rings is 2. The van der Waals surface area contributed by atoms with Crippen LogP contribution in [0.3, 0.4) is 0 Å². The second-order valence-corrected chi connectivity index (χ2v) is 7.29. The maximum Gasteiger partial charge on any atom is 0.307 e. The highest BCUT2D eigenvalue weighted by atomic mass is 16.4. The van der Waals surface area contributed by atoms with Gasteiger partial charge in [-0.15, -0.1) is 0 Å². The van der Waals surface area contributed by atoms with Gasteiger partial charge < -0.3 is 15.3 Å². The third kappa shape index (κ3) is 4.83. The summed E-state index contributed by atoms with van der Waals surface area (Å²) in [5, 5.41) is 12.2. The first-order valence-corrected chi connectivity index (χ1v) is 10.0. The molecule has 0 aromatic heterocycles. The average Bonchev–Trinajstić information content (AvgIpc) is 2.75. The van der Waals surface area contributed by atoms with E-state index in [1.165, 1.54) is 0 Å². The molecular weight excluding hydrogens is 368 g/mol. The Morgan fingerprint density at radius 1 is 0.966 bits per heavy atom. The lowest BCUT2D eigenvalue weighted by Crippen LogP contribution is -2.36. The molecule has 0 radical (unpaired) electrons. The predicted molar refractivity (Wildman–Crippen MR) is 112 cm³/mol. The van der Waals surface area contributed by atoms with E-state index >= 15 is 0 Å². The Hall–Kier alpha value is -3.15. The Labute approximate surface area is 170 Å². The van der Waals surface area contributed by atoms with E-state index in [9.17, 15) is 19.5 Å². The van der Waals surface area contributed by atoms with Crippen molar-refractivity contribution in [1.29, 1.82) is 0 Å². The summed E-state index contributed by atoms with van der Waals surface area (Å²) >= 11 is 0. The van der Waals surface area contributed by atoms with Crippen molar-refractivity contribution in [2.45, 2.75) is 32.6 Å². The molecule has 0 heterocycles. The Balaban J connectivity index is 1.69. The van der Waals surface area contributed by atoms with Gasteiger partial charge in [0.15, 0.2) is 0 Å². The highest BCUT2D eigenvalue weighted by Gasteiger charge is 2.35. The fraction of sp³-hybridized carbons (Fsp3) is 0.348. The fourth-order valence-corrected chi connectivity index (χ4v) is 3.88. The molecule has 2 atom stereocenters. The van der Waals surface area contributed by atoms with Crippen LogP contribution < -0.4 is 10.2 Å². The van der Waals surface area contributed by atoms with Crippen LogP contribution in [0.2, 0.25) is 0 Å². The number of anilines is 2. The van der Waals surface area contributed by atoms with Gasteiger partial charge >= 0.3 is 5.97 Å². The lowest BCUT2D eigenvalue weighted by molar-refractivity contribution is -0.147. The monoisotopic (exact) mass is 394 g/mol. The van der Waals surface area contributed by atoms with Gasteiger partial charge in [0.05, 0.1) is 11.8 Å². The van der Waals surface area contributed by atoms with Crippen molar-refractivity contribution in [2.75, 3.05) is 16.8 Å². The summed E-state index contributed by atoms with van der Waals surface area (Å²) in [7, 11) is 0. The molecule has 0 saturated heterocycles.